The van der Waals surface area contributed by atoms with Crippen LogP contribution in [0.2, 0.25) is 0 Å². The van der Waals surface area contributed by atoms with Crippen molar-refractivity contribution in [2.45, 2.75) is 51.4 Å². The molecule has 2 atom stereocenters. The highest BCUT2D eigenvalue weighted by atomic mass is 16.6. The zero-order valence-electron chi connectivity index (χ0n) is 10.4. The molecule has 5 nitrogen and oxygen atoms in total. The molecular formula is C11H21NO4. The predicted molar refractivity (Wildman–Crippen MR) is 59.2 cm³/mol. The van der Waals surface area contributed by atoms with Crippen LogP contribution in [0.25, 0.3) is 0 Å². The lowest BCUT2D eigenvalue weighted by atomic mass is 9.97. The Labute approximate surface area is 96.1 Å². The Bertz CT molecular complexity index is 261. The van der Waals surface area contributed by atoms with Crippen molar-refractivity contribution in [2.24, 2.45) is 0 Å². The van der Waals surface area contributed by atoms with E-state index in [0.29, 0.717) is 13.0 Å². The summed E-state index contributed by atoms with van der Waals surface area (Å²) in [5.74, 6) is 0. The fourth-order valence-electron chi connectivity index (χ4n) is 1.54. The summed E-state index contributed by atoms with van der Waals surface area (Å²) in [7, 11) is 0. The first-order valence-electron chi connectivity index (χ1n) is 5.54. The topological polar surface area (TPSA) is 67.8 Å². The lowest BCUT2D eigenvalue weighted by Crippen LogP contribution is -2.48. The van der Waals surface area contributed by atoms with Crippen molar-refractivity contribution in [1.29, 1.82) is 0 Å². The average molecular weight is 231 g/mol. The van der Waals surface area contributed by atoms with Crippen molar-refractivity contribution in [2.75, 3.05) is 13.2 Å². The highest BCUT2D eigenvalue weighted by molar-refractivity contribution is 5.67. The predicted octanol–water partition coefficient (Wildman–Crippen LogP) is 1.05. The van der Waals surface area contributed by atoms with Crippen LogP contribution in [0.1, 0.15) is 34.1 Å². The zero-order chi connectivity index (χ0) is 12.4. The number of ether oxygens (including phenoxy) is 2. The molecule has 0 bridgehead atoms. The summed E-state index contributed by atoms with van der Waals surface area (Å²) in [6, 6.07) is 0. The number of carbonyl (C=O) groups is 1. The van der Waals surface area contributed by atoms with Crippen LogP contribution in [0.3, 0.4) is 0 Å². The molecule has 0 saturated carbocycles. The quantitative estimate of drug-likeness (QED) is 0.745. The summed E-state index contributed by atoms with van der Waals surface area (Å²) >= 11 is 0. The second kappa shape index (κ2) is 4.59. The van der Waals surface area contributed by atoms with Gasteiger partial charge >= 0.3 is 6.09 Å². The fourth-order valence-corrected chi connectivity index (χ4v) is 1.54. The van der Waals surface area contributed by atoms with Gasteiger partial charge in [0, 0.05) is 13.0 Å². The highest BCUT2D eigenvalue weighted by Gasteiger charge is 2.39. The van der Waals surface area contributed by atoms with Gasteiger partial charge in [-0.3, -0.25) is 0 Å². The van der Waals surface area contributed by atoms with E-state index in [1.165, 1.54) is 0 Å². The van der Waals surface area contributed by atoms with Crippen LogP contribution in [-0.4, -0.2) is 41.7 Å². The normalized spacial score (nSPS) is 30.2. The molecule has 1 fully saturated rings. The summed E-state index contributed by atoms with van der Waals surface area (Å²) in [5.41, 5.74) is -1.50. The van der Waals surface area contributed by atoms with Gasteiger partial charge in [-0.05, 0) is 27.7 Å². The Morgan fingerprint density at radius 1 is 1.62 bits per heavy atom. The minimum absolute atomic E-state index is 0.156. The Balaban J connectivity index is 2.37. The number of rotatable bonds is 2. The first-order valence-corrected chi connectivity index (χ1v) is 5.54. The standard InChI is InChI=1S/C11H21NO4/c1-8-11(14,5-6-15-8)7-12-9(13)16-10(2,3)4/h8,14H,5-7H2,1-4H3,(H,12,13). The maximum absolute atomic E-state index is 11.4. The van der Waals surface area contributed by atoms with Gasteiger partial charge in [0.25, 0.3) is 0 Å². The molecule has 16 heavy (non-hydrogen) atoms. The summed E-state index contributed by atoms with van der Waals surface area (Å²) in [4.78, 5) is 11.4. The molecule has 0 aromatic rings. The maximum Gasteiger partial charge on any atom is 0.407 e. The summed E-state index contributed by atoms with van der Waals surface area (Å²) in [6.45, 7) is 7.86. The van der Waals surface area contributed by atoms with E-state index in [0.717, 1.165) is 0 Å². The Hall–Kier alpha value is -0.810. The van der Waals surface area contributed by atoms with E-state index in [1.54, 1.807) is 27.7 Å². The average Bonchev–Trinajstić information content (AvgIpc) is 2.42. The maximum atomic E-state index is 11.4. The molecular weight excluding hydrogens is 210 g/mol. The first kappa shape index (κ1) is 13.3. The van der Waals surface area contributed by atoms with Gasteiger partial charge in [-0.2, -0.15) is 0 Å². The Kier molecular flexibility index (Phi) is 3.80. The molecule has 0 radical (unpaired) electrons. The molecule has 0 spiro atoms. The Morgan fingerprint density at radius 2 is 2.25 bits per heavy atom. The lowest BCUT2D eigenvalue weighted by Gasteiger charge is -2.27. The molecule has 0 aromatic carbocycles. The number of amides is 1. The van der Waals surface area contributed by atoms with Gasteiger partial charge in [-0.1, -0.05) is 0 Å². The van der Waals surface area contributed by atoms with Gasteiger partial charge in [0.1, 0.15) is 11.2 Å². The van der Waals surface area contributed by atoms with Crippen LogP contribution in [0.15, 0.2) is 0 Å². The second-order valence-electron chi connectivity index (χ2n) is 5.22. The van der Waals surface area contributed by atoms with Crippen molar-refractivity contribution >= 4 is 6.09 Å². The number of hydrogen-bond acceptors (Lipinski definition) is 4. The van der Waals surface area contributed by atoms with Crippen molar-refractivity contribution < 1.29 is 19.4 Å². The molecule has 2 unspecified atom stereocenters. The number of alkyl carbamates (subject to hydrolysis) is 1. The van der Waals surface area contributed by atoms with E-state index < -0.39 is 17.3 Å². The van der Waals surface area contributed by atoms with Crippen molar-refractivity contribution in [3.63, 3.8) is 0 Å². The number of aliphatic hydroxyl groups is 1. The minimum Gasteiger partial charge on any atom is -0.444 e. The zero-order valence-corrected chi connectivity index (χ0v) is 10.4. The van der Waals surface area contributed by atoms with Crippen molar-refractivity contribution in [1.82, 2.24) is 5.32 Å². The summed E-state index contributed by atoms with van der Waals surface area (Å²) in [5, 5.41) is 12.7. The highest BCUT2D eigenvalue weighted by Crippen LogP contribution is 2.24. The second-order valence-corrected chi connectivity index (χ2v) is 5.22. The summed E-state index contributed by atoms with van der Waals surface area (Å²) < 4.78 is 10.3. The fraction of sp³-hybridized carbons (Fsp3) is 0.909. The molecule has 1 aliphatic heterocycles. The molecule has 2 N–H and O–H groups in total. The molecule has 0 aliphatic carbocycles. The SMILES string of the molecule is CC1OCCC1(O)CNC(=O)OC(C)(C)C. The van der Waals surface area contributed by atoms with E-state index >= 15 is 0 Å². The van der Waals surface area contributed by atoms with Crippen LogP contribution in [-0.2, 0) is 9.47 Å². The van der Waals surface area contributed by atoms with Gasteiger partial charge in [0.15, 0.2) is 0 Å². The molecule has 1 amide bonds. The van der Waals surface area contributed by atoms with Crippen LogP contribution in [0.5, 0.6) is 0 Å². The third-order valence-corrected chi connectivity index (χ3v) is 2.60. The Morgan fingerprint density at radius 3 is 2.69 bits per heavy atom. The molecule has 1 saturated heterocycles. The van der Waals surface area contributed by atoms with Crippen LogP contribution in [0, 0.1) is 0 Å². The van der Waals surface area contributed by atoms with Crippen molar-refractivity contribution in [3.05, 3.63) is 0 Å². The van der Waals surface area contributed by atoms with Gasteiger partial charge < -0.3 is 19.9 Å². The van der Waals surface area contributed by atoms with E-state index in [-0.39, 0.29) is 12.6 Å². The van der Waals surface area contributed by atoms with Gasteiger partial charge in [0.2, 0.25) is 0 Å². The number of hydrogen-bond donors (Lipinski definition) is 2. The monoisotopic (exact) mass is 231 g/mol. The van der Waals surface area contributed by atoms with Crippen LogP contribution < -0.4 is 5.32 Å². The van der Waals surface area contributed by atoms with Gasteiger partial charge in [-0.15, -0.1) is 0 Å². The third-order valence-electron chi connectivity index (χ3n) is 2.60. The number of carbonyl (C=O) groups excluding carboxylic acids is 1. The molecule has 1 heterocycles. The van der Waals surface area contributed by atoms with E-state index in [1.807, 2.05) is 0 Å². The molecule has 1 rings (SSSR count). The van der Waals surface area contributed by atoms with Crippen LogP contribution >= 0.6 is 0 Å². The largest absolute Gasteiger partial charge is 0.444 e. The van der Waals surface area contributed by atoms with Crippen molar-refractivity contribution in [3.8, 4) is 0 Å². The first-order chi connectivity index (χ1) is 7.23. The lowest BCUT2D eigenvalue weighted by molar-refractivity contribution is -0.0282. The van der Waals surface area contributed by atoms with Gasteiger partial charge in [-0.25, -0.2) is 4.79 Å². The molecule has 5 heteroatoms. The van der Waals surface area contributed by atoms with E-state index in [2.05, 4.69) is 5.32 Å². The molecule has 94 valence electrons. The summed E-state index contributed by atoms with van der Waals surface area (Å²) in [6.07, 6.45) is -0.244. The van der Waals surface area contributed by atoms with E-state index in [4.69, 9.17) is 9.47 Å². The molecule has 0 aromatic heterocycles. The molecule has 1 aliphatic rings. The third kappa shape index (κ3) is 3.64. The van der Waals surface area contributed by atoms with Crippen LogP contribution in [0.4, 0.5) is 4.79 Å². The van der Waals surface area contributed by atoms with E-state index in [9.17, 15) is 9.90 Å². The minimum atomic E-state index is -0.975. The smallest absolute Gasteiger partial charge is 0.407 e. The number of nitrogens with one attached hydrogen (secondary N) is 1. The van der Waals surface area contributed by atoms with Gasteiger partial charge in [0.05, 0.1) is 12.6 Å².